The quantitative estimate of drug-likeness (QED) is 0.483. The molecular formula is C22H21N7O2. The molecule has 1 unspecified atom stereocenters. The predicted molar refractivity (Wildman–Crippen MR) is 118 cm³/mol. The summed E-state index contributed by atoms with van der Waals surface area (Å²) >= 11 is 0. The molecule has 1 aromatic carbocycles. The Morgan fingerprint density at radius 3 is 2.84 bits per heavy atom. The predicted octanol–water partition coefficient (Wildman–Crippen LogP) is 2.35. The number of rotatable bonds is 5. The first-order valence-electron chi connectivity index (χ1n) is 10.1. The van der Waals surface area contributed by atoms with Crippen molar-refractivity contribution in [3.8, 4) is 0 Å². The van der Waals surface area contributed by atoms with E-state index in [1.165, 1.54) is 4.68 Å². The topological polar surface area (TPSA) is 120 Å². The Morgan fingerprint density at radius 1 is 1.26 bits per heavy atom. The molecule has 4 aromatic rings. The van der Waals surface area contributed by atoms with Gasteiger partial charge in [-0.1, -0.05) is 18.2 Å². The van der Waals surface area contributed by atoms with E-state index in [9.17, 15) is 4.79 Å². The first-order chi connectivity index (χ1) is 15.2. The van der Waals surface area contributed by atoms with E-state index < -0.39 is 0 Å². The van der Waals surface area contributed by atoms with Gasteiger partial charge in [-0.05, 0) is 31.0 Å². The van der Waals surface area contributed by atoms with E-state index in [0.29, 0.717) is 28.7 Å². The first kappa shape index (κ1) is 19.1. The highest BCUT2D eigenvalue weighted by atomic mass is 16.5. The summed E-state index contributed by atoms with van der Waals surface area (Å²) in [6, 6.07) is 11.2. The number of hydrogen-bond donors (Lipinski definition) is 2. The van der Waals surface area contributed by atoms with Gasteiger partial charge in [-0.2, -0.15) is 9.78 Å². The summed E-state index contributed by atoms with van der Waals surface area (Å²) in [7, 11) is 0. The van der Waals surface area contributed by atoms with Crippen LogP contribution in [0.5, 0.6) is 0 Å². The molecule has 9 nitrogen and oxygen atoms in total. The fraction of sp³-hybridized carbons (Fsp3) is 0.227. The molecule has 1 aliphatic rings. The monoisotopic (exact) mass is 415 g/mol. The number of benzene rings is 1. The molecule has 1 saturated heterocycles. The largest absolute Gasteiger partial charge is 0.383 e. The van der Waals surface area contributed by atoms with Crippen LogP contribution < -0.4 is 11.1 Å². The Labute approximate surface area is 178 Å². The molecule has 1 aliphatic heterocycles. The average Bonchev–Trinajstić information content (AvgIpc) is 3.41. The lowest BCUT2D eigenvalue weighted by molar-refractivity contribution is 0.0859. The number of nitrogen functional groups attached to an aromatic ring is 1. The Kier molecular flexibility index (Phi) is 5.01. The molecule has 31 heavy (non-hydrogen) atoms. The molecule has 5 rings (SSSR count). The van der Waals surface area contributed by atoms with Gasteiger partial charge >= 0.3 is 0 Å². The molecule has 4 heterocycles. The van der Waals surface area contributed by atoms with Crippen molar-refractivity contribution in [2.45, 2.75) is 18.9 Å². The maximum Gasteiger partial charge on any atom is 0.257 e. The van der Waals surface area contributed by atoms with E-state index in [-0.39, 0.29) is 23.4 Å². The molecule has 0 saturated carbocycles. The van der Waals surface area contributed by atoms with E-state index in [0.717, 1.165) is 25.0 Å². The molecule has 0 aliphatic carbocycles. The summed E-state index contributed by atoms with van der Waals surface area (Å²) in [4.78, 5) is 26.5. The number of ether oxygens (including phenoxy) is 1. The summed E-state index contributed by atoms with van der Waals surface area (Å²) < 4.78 is 7.05. The number of nitrogens with one attached hydrogen (secondary N) is 1. The standard InChI is InChI=1S/C22H21N7O2/c23-20-18(22(30)25-13-15-6-4-10-31-15)19-21(28-17-8-2-1-7-16(17)27-19)29(20)26-12-14-5-3-9-24-11-14/h1-3,5,7-9,11-12,15H,4,6,10,13,23H2,(H,25,30)/b26-12+. The van der Waals surface area contributed by atoms with Crippen molar-refractivity contribution < 1.29 is 9.53 Å². The zero-order valence-electron chi connectivity index (χ0n) is 16.7. The van der Waals surface area contributed by atoms with Crippen molar-refractivity contribution in [3.63, 3.8) is 0 Å². The van der Waals surface area contributed by atoms with Crippen LogP contribution in [0, 0.1) is 0 Å². The van der Waals surface area contributed by atoms with Crippen LogP contribution in [0.4, 0.5) is 5.82 Å². The minimum atomic E-state index is -0.321. The second-order valence-corrected chi connectivity index (χ2v) is 7.33. The highest BCUT2D eigenvalue weighted by Crippen LogP contribution is 2.28. The molecule has 1 amide bonds. The third-order valence-corrected chi connectivity index (χ3v) is 5.22. The van der Waals surface area contributed by atoms with Gasteiger partial charge in [0.05, 0.1) is 23.4 Å². The number of carbonyl (C=O) groups is 1. The summed E-state index contributed by atoms with van der Waals surface area (Å²) in [6.07, 6.45) is 6.94. The van der Waals surface area contributed by atoms with Crippen molar-refractivity contribution in [2.24, 2.45) is 5.10 Å². The van der Waals surface area contributed by atoms with Crippen molar-refractivity contribution >= 4 is 40.1 Å². The Balaban J connectivity index is 1.59. The smallest absolute Gasteiger partial charge is 0.257 e. The van der Waals surface area contributed by atoms with Crippen molar-refractivity contribution in [1.82, 2.24) is 24.9 Å². The van der Waals surface area contributed by atoms with Crippen LogP contribution >= 0.6 is 0 Å². The molecule has 0 radical (unpaired) electrons. The number of amides is 1. The molecule has 0 spiro atoms. The fourth-order valence-electron chi connectivity index (χ4n) is 3.67. The number of fused-ring (bicyclic) bond motifs is 2. The number of pyridine rings is 1. The minimum absolute atomic E-state index is 0.0223. The number of anilines is 1. The lowest BCUT2D eigenvalue weighted by Gasteiger charge is -2.10. The van der Waals surface area contributed by atoms with Crippen LogP contribution in [-0.2, 0) is 4.74 Å². The van der Waals surface area contributed by atoms with Crippen LogP contribution in [-0.4, -0.2) is 51.0 Å². The van der Waals surface area contributed by atoms with Gasteiger partial charge in [-0.25, -0.2) is 9.97 Å². The van der Waals surface area contributed by atoms with Gasteiger partial charge < -0.3 is 15.8 Å². The van der Waals surface area contributed by atoms with Gasteiger partial charge in [-0.15, -0.1) is 0 Å². The molecule has 1 fully saturated rings. The summed E-state index contributed by atoms with van der Waals surface area (Å²) in [5.74, 6) is -0.145. The zero-order chi connectivity index (χ0) is 21.2. The van der Waals surface area contributed by atoms with Crippen LogP contribution in [0.2, 0.25) is 0 Å². The van der Waals surface area contributed by atoms with Crippen LogP contribution in [0.3, 0.4) is 0 Å². The van der Waals surface area contributed by atoms with E-state index in [1.54, 1.807) is 18.6 Å². The average molecular weight is 415 g/mol. The van der Waals surface area contributed by atoms with Crippen molar-refractivity contribution in [1.29, 1.82) is 0 Å². The summed E-state index contributed by atoms with van der Waals surface area (Å²) in [5, 5.41) is 7.39. The van der Waals surface area contributed by atoms with E-state index in [4.69, 9.17) is 10.5 Å². The van der Waals surface area contributed by atoms with Gasteiger partial charge in [0.15, 0.2) is 5.65 Å². The zero-order valence-corrected chi connectivity index (χ0v) is 16.7. The molecule has 0 bridgehead atoms. The summed E-state index contributed by atoms with van der Waals surface area (Å²) in [5.41, 5.74) is 9.63. The second kappa shape index (κ2) is 8.11. The second-order valence-electron chi connectivity index (χ2n) is 7.33. The highest BCUT2D eigenvalue weighted by Gasteiger charge is 2.25. The van der Waals surface area contributed by atoms with Gasteiger partial charge in [0, 0.05) is 31.1 Å². The minimum Gasteiger partial charge on any atom is -0.383 e. The molecule has 3 aromatic heterocycles. The van der Waals surface area contributed by atoms with Crippen molar-refractivity contribution in [3.05, 3.63) is 59.9 Å². The van der Waals surface area contributed by atoms with Gasteiger partial charge in [0.25, 0.3) is 5.91 Å². The number of carbonyl (C=O) groups excluding carboxylic acids is 1. The number of para-hydroxylation sites is 2. The molecule has 156 valence electrons. The lowest BCUT2D eigenvalue weighted by Crippen LogP contribution is -2.32. The van der Waals surface area contributed by atoms with Gasteiger partial charge in [0.1, 0.15) is 16.9 Å². The lowest BCUT2D eigenvalue weighted by atomic mass is 10.2. The van der Waals surface area contributed by atoms with E-state index >= 15 is 0 Å². The fourth-order valence-corrected chi connectivity index (χ4v) is 3.67. The molecular weight excluding hydrogens is 394 g/mol. The third-order valence-electron chi connectivity index (χ3n) is 5.22. The van der Waals surface area contributed by atoms with Gasteiger partial charge in [-0.3, -0.25) is 9.78 Å². The van der Waals surface area contributed by atoms with E-state index in [2.05, 4.69) is 25.4 Å². The first-order valence-corrected chi connectivity index (χ1v) is 10.1. The Hall–Kier alpha value is -3.85. The number of aromatic nitrogens is 4. The maximum absolute atomic E-state index is 13.1. The SMILES string of the molecule is Nc1c(C(=O)NCC2CCCO2)c2nc3ccccc3nc2n1/N=C/c1cccnc1. The molecule has 1 atom stereocenters. The normalized spacial score (nSPS) is 16.5. The molecule has 3 N–H and O–H groups in total. The summed E-state index contributed by atoms with van der Waals surface area (Å²) in [6.45, 7) is 1.15. The van der Waals surface area contributed by atoms with Crippen LogP contribution in [0.1, 0.15) is 28.8 Å². The number of nitrogens with zero attached hydrogens (tertiary/aromatic N) is 5. The van der Waals surface area contributed by atoms with Crippen LogP contribution in [0.25, 0.3) is 22.2 Å². The highest BCUT2D eigenvalue weighted by molar-refractivity contribution is 6.10. The van der Waals surface area contributed by atoms with Gasteiger partial charge in [0.2, 0.25) is 0 Å². The number of nitrogens with two attached hydrogens (primary N) is 1. The van der Waals surface area contributed by atoms with Crippen molar-refractivity contribution in [2.75, 3.05) is 18.9 Å². The van der Waals surface area contributed by atoms with E-state index in [1.807, 2.05) is 36.4 Å². The molecule has 9 heteroatoms. The third kappa shape index (κ3) is 3.71. The Bertz CT molecular complexity index is 1280. The van der Waals surface area contributed by atoms with Crippen LogP contribution in [0.15, 0.2) is 53.9 Å². The maximum atomic E-state index is 13.1. The Morgan fingerprint density at radius 2 is 2.10 bits per heavy atom. The number of hydrogen-bond acceptors (Lipinski definition) is 7.